The molecule has 17 heavy (non-hydrogen) atoms. The number of anilines is 1. The van der Waals surface area contributed by atoms with Crippen LogP contribution in [0.5, 0.6) is 0 Å². The summed E-state index contributed by atoms with van der Waals surface area (Å²) in [5, 5.41) is 10.2. The van der Waals surface area contributed by atoms with Crippen molar-refractivity contribution in [2.75, 3.05) is 5.73 Å². The van der Waals surface area contributed by atoms with E-state index in [9.17, 15) is 4.79 Å². The molecule has 2 heterocycles. The molecule has 2 aromatic rings. The molecule has 8 heteroatoms. The number of rotatable bonds is 4. The van der Waals surface area contributed by atoms with Gasteiger partial charge in [-0.1, -0.05) is 5.16 Å². The topological polar surface area (TPSA) is 112 Å². The first-order valence-corrected chi connectivity index (χ1v) is 4.97. The predicted molar refractivity (Wildman–Crippen MR) is 57.5 cm³/mol. The zero-order chi connectivity index (χ0) is 12.3. The van der Waals surface area contributed by atoms with Gasteiger partial charge in [0.05, 0.1) is 12.2 Å². The highest BCUT2D eigenvalue weighted by Gasteiger charge is 2.06. The average molecular weight is 236 g/mol. The Bertz CT molecular complexity index is 517. The van der Waals surface area contributed by atoms with Crippen molar-refractivity contribution >= 4 is 11.9 Å². The minimum Gasteiger partial charge on any atom is -0.367 e. The number of carbonyl (C=O) groups is 1. The second kappa shape index (κ2) is 4.64. The molecular weight excluding hydrogens is 224 g/mol. The Kier molecular flexibility index (Phi) is 3.03. The van der Waals surface area contributed by atoms with Gasteiger partial charge in [-0.25, -0.2) is 9.67 Å². The zero-order valence-electron chi connectivity index (χ0n) is 9.25. The molecular formula is C9H12N6O2. The van der Waals surface area contributed by atoms with Crippen molar-refractivity contribution in [2.24, 2.45) is 0 Å². The summed E-state index contributed by atoms with van der Waals surface area (Å²) in [7, 11) is 0. The van der Waals surface area contributed by atoms with E-state index in [0.29, 0.717) is 12.3 Å². The minimum absolute atomic E-state index is 0.0668. The third-order valence-electron chi connectivity index (χ3n) is 2.00. The van der Waals surface area contributed by atoms with Crippen LogP contribution in [0.4, 0.5) is 5.95 Å². The van der Waals surface area contributed by atoms with Gasteiger partial charge in [-0.05, 0) is 6.92 Å². The lowest BCUT2D eigenvalue weighted by Gasteiger charge is -2.01. The molecule has 2 aromatic heterocycles. The highest BCUT2D eigenvalue weighted by atomic mass is 16.5. The average Bonchev–Trinajstić information content (AvgIpc) is 2.85. The number of aryl methyl sites for hydroxylation is 1. The maximum absolute atomic E-state index is 11.5. The summed E-state index contributed by atoms with van der Waals surface area (Å²) in [5.41, 5.74) is 6.10. The molecule has 0 radical (unpaired) electrons. The molecule has 0 unspecified atom stereocenters. The van der Waals surface area contributed by atoms with Crippen LogP contribution in [0.2, 0.25) is 0 Å². The number of aromatic nitrogens is 4. The van der Waals surface area contributed by atoms with Crippen LogP contribution in [-0.4, -0.2) is 25.8 Å². The molecule has 0 saturated carbocycles. The van der Waals surface area contributed by atoms with Gasteiger partial charge in [-0.2, -0.15) is 0 Å². The van der Waals surface area contributed by atoms with Gasteiger partial charge in [0, 0.05) is 6.07 Å². The van der Waals surface area contributed by atoms with Crippen molar-refractivity contribution in [3.63, 3.8) is 0 Å². The number of hydrogen-bond donors (Lipinski definition) is 2. The Morgan fingerprint density at radius 3 is 3.06 bits per heavy atom. The SMILES string of the molecule is Cc1cc(CNC(=O)Cn2cnc(N)n2)on1. The number of nitrogens with zero attached hydrogens (tertiary/aromatic N) is 4. The molecule has 0 bridgehead atoms. The molecule has 0 aliphatic carbocycles. The van der Waals surface area contributed by atoms with Crippen LogP contribution in [0, 0.1) is 6.92 Å². The van der Waals surface area contributed by atoms with Crippen LogP contribution >= 0.6 is 0 Å². The van der Waals surface area contributed by atoms with Gasteiger partial charge in [0.15, 0.2) is 5.76 Å². The van der Waals surface area contributed by atoms with Crippen molar-refractivity contribution in [1.82, 2.24) is 25.2 Å². The summed E-state index contributed by atoms with van der Waals surface area (Å²) in [6.07, 6.45) is 1.40. The van der Waals surface area contributed by atoms with Crippen LogP contribution in [-0.2, 0) is 17.9 Å². The van der Waals surface area contributed by atoms with Crippen LogP contribution in [0.1, 0.15) is 11.5 Å². The van der Waals surface area contributed by atoms with E-state index in [2.05, 4.69) is 20.6 Å². The molecule has 2 rings (SSSR count). The van der Waals surface area contributed by atoms with Gasteiger partial charge in [-0.3, -0.25) is 4.79 Å². The fourth-order valence-electron chi connectivity index (χ4n) is 1.27. The number of nitrogen functional groups attached to an aromatic ring is 1. The van der Waals surface area contributed by atoms with E-state index in [4.69, 9.17) is 10.3 Å². The molecule has 0 aliphatic heterocycles. The second-order valence-electron chi connectivity index (χ2n) is 3.51. The smallest absolute Gasteiger partial charge is 0.242 e. The summed E-state index contributed by atoms with van der Waals surface area (Å²) in [6.45, 7) is 2.17. The van der Waals surface area contributed by atoms with Gasteiger partial charge < -0.3 is 15.6 Å². The first kappa shape index (κ1) is 11.1. The Labute approximate surface area is 96.8 Å². The van der Waals surface area contributed by atoms with Crippen molar-refractivity contribution in [3.8, 4) is 0 Å². The van der Waals surface area contributed by atoms with Crippen LogP contribution in [0.25, 0.3) is 0 Å². The van der Waals surface area contributed by atoms with Crippen LogP contribution in [0.3, 0.4) is 0 Å². The van der Waals surface area contributed by atoms with E-state index in [1.165, 1.54) is 11.0 Å². The molecule has 90 valence electrons. The summed E-state index contributed by atoms with van der Waals surface area (Å²) in [5.74, 6) is 0.543. The quantitative estimate of drug-likeness (QED) is 0.738. The number of hydrogen-bond acceptors (Lipinski definition) is 6. The lowest BCUT2D eigenvalue weighted by atomic mass is 10.4. The Morgan fingerprint density at radius 2 is 2.47 bits per heavy atom. The summed E-state index contributed by atoms with van der Waals surface area (Å²) in [4.78, 5) is 15.2. The standard InChI is InChI=1S/C9H12N6O2/c1-6-2-7(17-14-6)3-11-8(16)4-15-5-12-9(10)13-15/h2,5H,3-4H2,1H3,(H2,10,13)(H,11,16). The second-order valence-corrected chi connectivity index (χ2v) is 3.51. The third-order valence-corrected chi connectivity index (χ3v) is 2.00. The molecule has 0 spiro atoms. The predicted octanol–water partition coefficient (Wildman–Crippen LogP) is -0.527. The van der Waals surface area contributed by atoms with Crippen molar-refractivity contribution in [3.05, 3.63) is 23.8 Å². The lowest BCUT2D eigenvalue weighted by Crippen LogP contribution is -2.27. The Hall–Kier alpha value is -2.38. The van der Waals surface area contributed by atoms with E-state index in [0.717, 1.165) is 5.69 Å². The van der Waals surface area contributed by atoms with Gasteiger partial charge in [0.1, 0.15) is 12.9 Å². The monoisotopic (exact) mass is 236 g/mol. The van der Waals surface area contributed by atoms with Crippen LogP contribution in [0.15, 0.2) is 16.9 Å². The van der Waals surface area contributed by atoms with Crippen molar-refractivity contribution in [2.45, 2.75) is 20.0 Å². The molecule has 1 amide bonds. The van der Waals surface area contributed by atoms with Gasteiger partial charge in [0.25, 0.3) is 0 Å². The maximum atomic E-state index is 11.5. The summed E-state index contributed by atoms with van der Waals surface area (Å²) in [6, 6.07) is 1.76. The molecule has 0 saturated heterocycles. The van der Waals surface area contributed by atoms with Crippen LogP contribution < -0.4 is 11.1 Å². The molecule has 8 nitrogen and oxygen atoms in total. The number of carbonyl (C=O) groups excluding carboxylic acids is 1. The van der Waals surface area contributed by atoms with E-state index in [1.807, 2.05) is 6.92 Å². The number of nitrogens with two attached hydrogens (primary N) is 1. The molecule has 0 fully saturated rings. The van der Waals surface area contributed by atoms with Gasteiger partial charge >= 0.3 is 0 Å². The highest BCUT2D eigenvalue weighted by molar-refractivity contribution is 5.75. The normalized spacial score (nSPS) is 10.4. The summed E-state index contributed by atoms with van der Waals surface area (Å²) >= 11 is 0. The third kappa shape index (κ3) is 3.03. The molecule has 0 aliphatic rings. The fraction of sp³-hybridized carbons (Fsp3) is 0.333. The van der Waals surface area contributed by atoms with E-state index in [1.54, 1.807) is 6.07 Å². The maximum Gasteiger partial charge on any atom is 0.242 e. The van der Waals surface area contributed by atoms with E-state index < -0.39 is 0 Å². The Balaban J connectivity index is 1.82. The first-order chi connectivity index (χ1) is 8.13. The van der Waals surface area contributed by atoms with Crippen molar-refractivity contribution in [1.29, 1.82) is 0 Å². The summed E-state index contributed by atoms with van der Waals surface area (Å²) < 4.78 is 6.31. The highest BCUT2D eigenvalue weighted by Crippen LogP contribution is 2.01. The van der Waals surface area contributed by atoms with Gasteiger partial charge in [-0.15, -0.1) is 5.10 Å². The fourth-order valence-corrected chi connectivity index (χ4v) is 1.27. The number of nitrogens with one attached hydrogen (secondary N) is 1. The number of amides is 1. The zero-order valence-corrected chi connectivity index (χ0v) is 9.25. The van der Waals surface area contributed by atoms with E-state index in [-0.39, 0.29) is 18.4 Å². The van der Waals surface area contributed by atoms with E-state index >= 15 is 0 Å². The lowest BCUT2D eigenvalue weighted by molar-refractivity contribution is -0.122. The Morgan fingerprint density at radius 1 is 1.65 bits per heavy atom. The largest absolute Gasteiger partial charge is 0.367 e. The first-order valence-electron chi connectivity index (χ1n) is 4.97. The minimum atomic E-state index is -0.205. The molecule has 3 N–H and O–H groups in total. The van der Waals surface area contributed by atoms with Gasteiger partial charge in [0.2, 0.25) is 11.9 Å². The van der Waals surface area contributed by atoms with Crippen molar-refractivity contribution < 1.29 is 9.32 Å². The molecule has 0 aromatic carbocycles. The molecule has 0 atom stereocenters.